The minimum Gasteiger partial charge on any atom is -0.268 e. The van der Waals surface area contributed by atoms with E-state index >= 15 is 0 Å². The molecule has 0 amide bonds. The normalized spacial score (nSPS) is 23.3. The third-order valence-corrected chi connectivity index (χ3v) is 2.85. The summed E-state index contributed by atoms with van der Waals surface area (Å²) in [5, 5.41) is 8.05. The fourth-order valence-corrected chi connectivity index (χ4v) is 1.51. The van der Waals surface area contributed by atoms with Gasteiger partial charge in [0.25, 0.3) is 5.56 Å². The van der Waals surface area contributed by atoms with E-state index in [0.29, 0.717) is 0 Å². The van der Waals surface area contributed by atoms with Crippen LogP contribution in [0.3, 0.4) is 0 Å². The zero-order chi connectivity index (χ0) is 10.9. The Morgan fingerprint density at radius 3 is 2.93 bits per heavy atom. The van der Waals surface area contributed by atoms with Crippen molar-refractivity contribution >= 4 is 29.7 Å². The van der Waals surface area contributed by atoms with Crippen LogP contribution in [0.4, 0.5) is 0 Å². The molecule has 1 N–H and O–H groups in total. The summed E-state index contributed by atoms with van der Waals surface area (Å²) in [5.74, 6) is 0. The van der Waals surface area contributed by atoms with E-state index in [4.69, 9.17) is 12.2 Å². The maximum atomic E-state index is 11.1. The topological polar surface area (TPSA) is 45.8 Å². The molecular formula is C11H10N2OS. The predicted molar refractivity (Wildman–Crippen MR) is 64.7 cm³/mol. The van der Waals surface area contributed by atoms with Gasteiger partial charge in [-0.2, -0.15) is 5.10 Å². The van der Waals surface area contributed by atoms with Crippen molar-refractivity contribution in [3.05, 3.63) is 39.8 Å². The number of fused-ring (bicyclic) bond motifs is 1. The largest absolute Gasteiger partial charge is 0.268 e. The minimum atomic E-state index is -0.251. The summed E-state index contributed by atoms with van der Waals surface area (Å²) in [6.07, 6.45) is 7.67. The van der Waals surface area contributed by atoms with Gasteiger partial charge >= 0.3 is 0 Å². The molecule has 3 nitrogen and oxygen atoms in total. The number of thiocarbonyl (C=S) groups is 1. The van der Waals surface area contributed by atoms with Crippen LogP contribution in [0, 0.1) is 5.41 Å². The van der Waals surface area contributed by atoms with Crippen LogP contribution in [-0.4, -0.2) is 15.6 Å². The van der Waals surface area contributed by atoms with Crippen LogP contribution in [-0.2, 0) is 0 Å². The van der Waals surface area contributed by atoms with Gasteiger partial charge in [-0.05, 0) is 18.4 Å². The molecule has 2 rings (SSSR count). The van der Waals surface area contributed by atoms with E-state index in [2.05, 4.69) is 10.2 Å². The highest BCUT2D eigenvalue weighted by molar-refractivity contribution is 7.79. The third kappa shape index (κ3) is 1.94. The van der Waals surface area contributed by atoms with Crippen molar-refractivity contribution in [3.63, 3.8) is 0 Å². The second kappa shape index (κ2) is 3.55. The number of aromatic nitrogens is 2. The number of hydrogen-bond acceptors (Lipinski definition) is 3. The highest BCUT2D eigenvalue weighted by Crippen LogP contribution is 2.24. The summed E-state index contributed by atoms with van der Waals surface area (Å²) in [7, 11) is 0. The first-order chi connectivity index (χ1) is 7.13. The van der Waals surface area contributed by atoms with Crippen LogP contribution in [0.2, 0.25) is 0 Å². The fourth-order valence-electron chi connectivity index (χ4n) is 1.36. The Morgan fingerprint density at radius 2 is 2.20 bits per heavy atom. The summed E-state index contributed by atoms with van der Waals surface area (Å²) in [6.45, 7) is 2.00. The van der Waals surface area contributed by atoms with Gasteiger partial charge in [-0.1, -0.05) is 30.4 Å². The van der Waals surface area contributed by atoms with Crippen LogP contribution in [0.5, 0.6) is 0 Å². The SMILES string of the molecule is CC1(C=S)C=Cc2cc(=O)[nH]nc2C=C1. The van der Waals surface area contributed by atoms with E-state index in [-0.39, 0.29) is 11.0 Å². The standard InChI is InChI=1S/C11H10N2OS/c1-11(7-15)4-2-8-6-10(14)13-12-9(8)3-5-11/h2-7H,1H3,(H,13,14). The van der Waals surface area contributed by atoms with E-state index in [0.717, 1.165) is 11.3 Å². The first-order valence-electron chi connectivity index (χ1n) is 4.57. The second-order valence-electron chi connectivity index (χ2n) is 3.72. The van der Waals surface area contributed by atoms with Crippen molar-refractivity contribution in [1.29, 1.82) is 0 Å². The number of nitrogens with one attached hydrogen (secondary N) is 1. The highest BCUT2D eigenvalue weighted by Gasteiger charge is 2.16. The zero-order valence-electron chi connectivity index (χ0n) is 8.23. The molecule has 0 radical (unpaired) electrons. The molecule has 0 spiro atoms. The summed E-state index contributed by atoms with van der Waals surface area (Å²) in [5.41, 5.74) is 1.12. The quantitative estimate of drug-likeness (QED) is 0.731. The van der Waals surface area contributed by atoms with Crippen LogP contribution < -0.4 is 5.56 Å². The van der Waals surface area contributed by atoms with Gasteiger partial charge in [0, 0.05) is 17.0 Å². The number of aromatic amines is 1. The first kappa shape index (κ1) is 9.98. The lowest BCUT2D eigenvalue weighted by atomic mass is 9.93. The molecule has 1 unspecified atom stereocenters. The zero-order valence-corrected chi connectivity index (χ0v) is 9.04. The van der Waals surface area contributed by atoms with Crippen molar-refractivity contribution in [2.24, 2.45) is 5.41 Å². The Kier molecular flexibility index (Phi) is 2.36. The molecule has 1 aromatic rings. The summed E-state index contributed by atoms with van der Waals surface area (Å²) in [6, 6.07) is 1.53. The molecule has 1 aliphatic carbocycles. The maximum absolute atomic E-state index is 11.1. The molecule has 0 saturated heterocycles. The number of hydrogen-bond donors (Lipinski definition) is 1. The van der Waals surface area contributed by atoms with Gasteiger partial charge in [0.1, 0.15) is 0 Å². The molecule has 0 bridgehead atoms. The van der Waals surface area contributed by atoms with Crippen LogP contribution >= 0.6 is 12.2 Å². The van der Waals surface area contributed by atoms with Crippen molar-refractivity contribution in [2.75, 3.05) is 0 Å². The summed E-state index contributed by atoms with van der Waals surface area (Å²) >= 11 is 4.96. The smallest absolute Gasteiger partial charge is 0.264 e. The van der Waals surface area contributed by atoms with E-state index in [1.807, 2.05) is 31.2 Å². The Bertz CT molecular complexity index is 516. The molecule has 0 fully saturated rings. The van der Waals surface area contributed by atoms with Gasteiger partial charge in [0.15, 0.2) is 0 Å². The van der Waals surface area contributed by atoms with Crippen molar-refractivity contribution in [3.8, 4) is 0 Å². The Morgan fingerprint density at radius 1 is 1.47 bits per heavy atom. The molecule has 0 saturated carbocycles. The van der Waals surface area contributed by atoms with Gasteiger partial charge in [0.05, 0.1) is 5.69 Å². The number of nitrogens with zero attached hydrogens (tertiary/aromatic N) is 1. The molecule has 1 heterocycles. The molecule has 0 aromatic carbocycles. The molecule has 4 heteroatoms. The number of rotatable bonds is 1. The maximum Gasteiger partial charge on any atom is 0.264 e. The molecule has 76 valence electrons. The molecular weight excluding hydrogens is 208 g/mol. The van der Waals surface area contributed by atoms with Crippen LogP contribution in [0.1, 0.15) is 18.2 Å². The van der Waals surface area contributed by atoms with Crippen molar-refractivity contribution in [2.45, 2.75) is 6.92 Å². The average molecular weight is 218 g/mol. The molecule has 1 atom stereocenters. The van der Waals surface area contributed by atoms with Gasteiger partial charge in [0.2, 0.25) is 0 Å². The summed E-state index contributed by atoms with van der Waals surface area (Å²) in [4.78, 5) is 11.1. The third-order valence-electron chi connectivity index (χ3n) is 2.35. The van der Waals surface area contributed by atoms with E-state index in [1.165, 1.54) is 6.07 Å². The van der Waals surface area contributed by atoms with E-state index < -0.39 is 0 Å². The van der Waals surface area contributed by atoms with Gasteiger partial charge in [-0.3, -0.25) is 4.79 Å². The van der Waals surface area contributed by atoms with Crippen LogP contribution in [0.25, 0.3) is 12.2 Å². The Balaban J connectivity index is 2.58. The molecule has 1 aliphatic rings. The molecule has 0 aliphatic heterocycles. The number of allylic oxidation sites excluding steroid dienone is 2. The lowest BCUT2D eigenvalue weighted by Gasteiger charge is -2.12. The second-order valence-corrected chi connectivity index (χ2v) is 3.96. The Hall–Kier alpha value is -1.55. The lowest BCUT2D eigenvalue weighted by Crippen LogP contribution is -2.08. The lowest BCUT2D eigenvalue weighted by molar-refractivity contribution is 0.813. The van der Waals surface area contributed by atoms with E-state index in [9.17, 15) is 4.79 Å². The predicted octanol–water partition coefficient (Wildman–Crippen LogP) is 1.82. The van der Waals surface area contributed by atoms with Gasteiger partial charge in [-0.25, -0.2) is 5.10 Å². The monoisotopic (exact) mass is 218 g/mol. The molecule has 1 aromatic heterocycles. The highest BCUT2D eigenvalue weighted by atomic mass is 32.1. The Labute approximate surface area is 92.5 Å². The number of H-pyrrole nitrogens is 1. The molecule has 15 heavy (non-hydrogen) atoms. The van der Waals surface area contributed by atoms with Crippen LogP contribution in [0.15, 0.2) is 23.0 Å². The van der Waals surface area contributed by atoms with Crippen molar-refractivity contribution in [1.82, 2.24) is 10.2 Å². The van der Waals surface area contributed by atoms with Gasteiger partial charge < -0.3 is 0 Å². The van der Waals surface area contributed by atoms with Gasteiger partial charge in [-0.15, -0.1) is 0 Å². The first-order valence-corrected chi connectivity index (χ1v) is 5.05. The minimum absolute atomic E-state index is 0.197. The van der Waals surface area contributed by atoms with Crippen molar-refractivity contribution < 1.29 is 0 Å². The van der Waals surface area contributed by atoms with E-state index in [1.54, 1.807) is 5.37 Å². The summed E-state index contributed by atoms with van der Waals surface area (Å²) < 4.78 is 0. The fraction of sp³-hybridized carbons (Fsp3) is 0.182. The average Bonchev–Trinajstić information content (AvgIpc) is 2.40.